The van der Waals surface area contributed by atoms with Gasteiger partial charge < -0.3 is 29.0 Å². The van der Waals surface area contributed by atoms with E-state index >= 15 is 0 Å². The van der Waals surface area contributed by atoms with Crippen molar-refractivity contribution in [3.63, 3.8) is 0 Å². The van der Waals surface area contributed by atoms with Gasteiger partial charge in [-0.2, -0.15) is 10.2 Å². The molecule has 0 amide bonds. The average Bonchev–Trinajstić information content (AvgIpc) is 3.02. The molecule has 2 aromatic carbocycles. The van der Waals surface area contributed by atoms with Crippen LogP contribution in [0.15, 0.2) is 60.8 Å². The Morgan fingerprint density at radius 3 is 2.31 bits per heavy atom. The van der Waals surface area contributed by atoms with Gasteiger partial charge >= 0.3 is 0 Å². The molecule has 2 atom stereocenters. The van der Waals surface area contributed by atoms with Gasteiger partial charge in [0.25, 0.3) is 0 Å². The van der Waals surface area contributed by atoms with Crippen molar-refractivity contribution in [2.75, 3.05) is 49.1 Å². The summed E-state index contributed by atoms with van der Waals surface area (Å²) in [6.07, 6.45) is 2.08. The van der Waals surface area contributed by atoms with Crippen LogP contribution in [0.3, 0.4) is 0 Å². The summed E-state index contributed by atoms with van der Waals surface area (Å²) in [4.78, 5) is 11.3. The Labute approximate surface area is 245 Å². The summed E-state index contributed by atoms with van der Waals surface area (Å²) >= 11 is 0. The number of rotatable bonds is 9. The van der Waals surface area contributed by atoms with E-state index in [0.717, 1.165) is 22.3 Å². The van der Waals surface area contributed by atoms with Crippen LogP contribution in [0.4, 0.5) is 0 Å². The minimum atomic E-state index is -1.47. The van der Waals surface area contributed by atoms with Gasteiger partial charge in [-0.1, -0.05) is 24.3 Å². The van der Waals surface area contributed by atoms with Crippen molar-refractivity contribution < 1.29 is 24.1 Å². The Bertz CT molecular complexity index is 1670. The van der Waals surface area contributed by atoms with Gasteiger partial charge in [-0.3, -0.25) is 0 Å². The largest absolute Gasteiger partial charge is 0.496 e. The number of nitrogens with zero attached hydrogens (tertiary/aromatic N) is 4. The summed E-state index contributed by atoms with van der Waals surface area (Å²) in [6, 6.07) is 19.1. The molecule has 0 bridgehead atoms. The van der Waals surface area contributed by atoms with Crippen LogP contribution in [-0.4, -0.2) is 69.1 Å². The fourth-order valence-corrected chi connectivity index (χ4v) is 5.84. The lowest BCUT2D eigenvalue weighted by Gasteiger charge is -2.44. The third kappa shape index (κ3) is 4.89. The highest BCUT2D eigenvalue weighted by atomic mass is 16.5. The predicted octanol–water partition coefficient (Wildman–Crippen LogP) is 5.00. The monoisotopic (exact) mass is 566 g/mol. The van der Waals surface area contributed by atoms with Crippen LogP contribution in [0, 0.1) is 11.3 Å². The van der Waals surface area contributed by atoms with E-state index in [0.29, 0.717) is 58.6 Å². The highest BCUT2D eigenvalue weighted by Crippen LogP contribution is 2.59. The van der Waals surface area contributed by atoms with E-state index in [-0.39, 0.29) is 0 Å². The summed E-state index contributed by atoms with van der Waals surface area (Å²) in [5.74, 6) is 1.01. The fourth-order valence-electron chi connectivity index (χ4n) is 5.84. The Morgan fingerprint density at radius 1 is 0.881 bits per heavy atom. The molecule has 0 aliphatic heterocycles. The fraction of sp³-hybridized carbons (Fsp3) is 0.303. The molecule has 1 aliphatic rings. The molecule has 1 aliphatic carbocycles. The van der Waals surface area contributed by atoms with Crippen LogP contribution in [0.1, 0.15) is 34.6 Å². The Hall–Kier alpha value is -4.65. The van der Waals surface area contributed by atoms with Crippen LogP contribution >= 0.6 is 0 Å². The van der Waals surface area contributed by atoms with E-state index in [4.69, 9.17) is 18.9 Å². The van der Waals surface area contributed by atoms with Gasteiger partial charge in [0.1, 0.15) is 11.4 Å². The molecule has 2 unspecified atom stereocenters. The second kappa shape index (κ2) is 11.7. The zero-order valence-corrected chi connectivity index (χ0v) is 24.6. The first-order valence-corrected chi connectivity index (χ1v) is 13.5. The third-order valence-corrected chi connectivity index (χ3v) is 7.80. The Kier molecular flexibility index (Phi) is 8.03. The van der Waals surface area contributed by atoms with Crippen molar-refractivity contribution in [2.45, 2.75) is 17.9 Å². The molecule has 0 radical (unpaired) electrons. The number of aliphatic hydroxyl groups is 1. The van der Waals surface area contributed by atoms with E-state index < -0.39 is 11.5 Å². The minimum absolute atomic E-state index is 0.318. The number of benzene rings is 2. The molecule has 5 rings (SSSR count). The number of pyridine rings is 2. The summed E-state index contributed by atoms with van der Waals surface area (Å²) in [7, 11) is 10.2. The summed E-state index contributed by atoms with van der Waals surface area (Å²) in [6.45, 7) is 0.582. The maximum Gasteiger partial charge on any atom is 0.224 e. The van der Waals surface area contributed by atoms with Gasteiger partial charge in [0.05, 0.1) is 45.6 Å². The topological polar surface area (TPSA) is 110 Å². The zero-order valence-electron chi connectivity index (χ0n) is 24.6. The van der Waals surface area contributed by atoms with Crippen LogP contribution < -0.4 is 18.9 Å². The smallest absolute Gasteiger partial charge is 0.224 e. The molecule has 216 valence electrons. The molecular weight excluding hydrogens is 532 g/mol. The lowest BCUT2D eigenvalue weighted by Crippen LogP contribution is -2.40. The van der Waals surface area contributed by atoms with Gasteiger partial charge in [0, 0.05) is 47.0 Å². The quantitative estimate of drug-likeness (QED) is 0.299. The van der Waals surface area contributed by atoms with Gasteiger partial charge in [-0.25, -0.2) is 4.98 Å². The van der Waals surface area contributed by atoms with Crippen molar-refractivity contribution >= 4 is 0 Å². The molecule has 9 nitrogen and oxygen atoms in total. The lowest BCUT2D eigenvalue weighted by atomic mass is 9.64. The molecule has 2 aromatic heterocycles. The number of hydrogen-bond acceptors (Lipinski definition) is 9. The van der Waals surface area contributed by atoms with Crippen LogP contribution in [0.25, 0.3) is 22.3 Å². The van der Waals surface area contributed by atoms with Crippen molar-refractivity contribution in [3.8, 4) is 51.7 Å². The lowest BCUT2D eigenvalue weighted by molar-refractivity contribution is 0.00213. The molecule has 0 fully saturated rings. The van der Waals surface area contributed by atoms with E-state index in [9.17, 15) is 10.4 Å². The Balaban J connectivity index is 1.88. The number of fused-ring (bicyclic) bond motifs is 3. The molecule has 9 heteroatoms. The number of methoxy groups -OCH3 is 4. The first-order chi connectivity index (χ1) is 20.3. The van der Waals surface area contributed by atoms with Crippen LogP contribution in [-0.2, 0) is 5.60 Å². The molecule has 1 N–H and O–H groups in total. The molecule has 4 aromatic rings. The number of aromatic nitrogens is 2. The zero-order chi connectivity index (χ0) is 30.0. The second-order valence-corrected chi connectivity index (χ2v) is 10.4. The van der Waals surface area contributed by atoms with Crippen LogP contribution in [0.2, 0.25) is 0 Å². The first-order valence-electron chi connectivity index (χ1n) is 13.5. The maximum atomic E-state index is 13.1. The number of ether oxygens (including phenoxy) is 4. The summed E-state index contributed by atoms with van der Waals surface area (Å²) in [5.41, 5.74) is 4.22. The minimum Gasteiger partial charge on any atom is -0.496 e. The van der Waals surface area contributed by atoms with Crippen molar-refractivity contribution in [1.82, 2.24) is 14.9 Å². The van der Waals surface area contributed by atoms with Crippen molar-refractivity contribution in [3.05, 3.63) is 83.0 Å². The SMILES string of the molecule is COc1cc2c(c(OC)n1)-c1c(OC)cccc1C(c1cc(-c3cccc(C#N)c3)cnc1OC)C2(O)CCN(C)C. The molecule has 0 spiro atoms. The molecule has 0 saturated heterocycles. The van der Waals surface area contributed by atoms with Gasteiger partial charge in [0.2, 0.25) is 17.6 Å². The number of hydrogen-bond donors (Lipinski definition) is 1. The van der Waals surface area contributed by atoms with Gasteiger partial charge in [-0.15, -0.1) is 0 Å². The van der Waals surface area contributed by atoms with E-state index in [1.165, 1.54) is 7.11 Å². The average molecular weight is 567 g/mol. The summed E-state index contributed by atoms with van der Waals surface area (Å²) < 4.78 is 23.0. The number of nitriles is 1. The van der Waals surface area contributed by atoms with Crippen molar-refractivity contribution in [2.24, 2.45) is 0 Å². The normalized spacial score (nSPS) is 17.2. The summed E-state index contributed by atoms with van der Waals surface area (Å²) in [5, 5.41) is 22.6. The highest BCUT2D eigenvalue weighted by Gasteiger charge is 2.50. The van der Waals surface area contributed by atoms with Gasteiger partial charge in [-0.05, 0) is 55.9 Å². The molecule has 42 heavy (non-hydrogen) atoms. The van der Waals surface area contributed by atoms with Crippen LogP contribution in [0.5, 0.6) is 23.4 Å². The standard InChI is InChI=1S/C33H34N4O5/c1-37(2)14-13-33(38)25-17-27(40-4)36-32(42-6)29(25)28-23(11-8-12-26(28)39-3)30(33)24-16-22(19-35-31(24)41-5)21-10-7-9-20(15-21)18-34/h7-12,15-17,19,30,38H,13-14H2,1-6H3. The van der Waals surface area contributed by atoms with E-state index in [1.807, 2.05) is 61.5 Å². The maximum absolute atomic E-state index is 13.1. The van der Waals surface area contributed by atoms with E-state index in [1.54, 1.807) is 39.7 Å². The highest BCUT2D eigenvalue weighted by molar-refractivity contribution is 5.86. The predicted molar refractivity (Wildman–Crippen MR) is 159 cm³/mol. The molecule has 2 heterocycles. The van der Waals surface area contributed by atoms with Crippen molar-refractivity contribution in [1.29, 1.82) is 5.26 Å². The first kappa shape index (κ1) is 28.9. The van der Waals surface area contributed by atoms with Gasteiger partial charge in [0.15, 0.2) is 0 Å². The third-order valence-electron chi connectivity index (χ3n) is 7.80. The second-order valence-electron chi connectivity index (χ2n) is 10.4. The molecule has 0 saturated carbocycles. The Morgan fingerprint density at radius 2 is 1.64 bits per heavy atom. The van der Waals surface area contributed by atoms with E-state index in [2.05, 4.69) is 16.0 Å². The molecular formula is C33H34N4O5.